The lowest BCUT2D eigenvalue weighted by Crippen LogP contribution is -2.40. The standard InChI is InChI=1S/C18H19N3O3S2/c1-26(23,24)21-10-8-13(9-11-21)17(22)20-18-19-15-7-6-12-4-2-3-5-14(12)16(15)25-18/h2-7,13H,8-11H2,1H3,(H,19,20,22). The van der Waals surface area contributed by atoms with Crippen LogP contribution >= 0.6 is 11.3 Å². The van der Waals surface area contributed by atoms with Crippen molar-refractivity contribution >= 4 is 53.4 Å². The van der Waals surface area contributed by atoms with Crippen LogP contribution in [0, 0.1) is 5.92 Å². The number of nitrogens with zero attached hydrogens (tertiary/aromatic N) is 2. The van der Waals surface area contributed by atoms with Gasteiger partial charge in [0.05, 0.1) is 16.5 Å². The van der Waals surface area contributed by atoms with Crippen LogP contribution < -0.4 is 5.32 Å². The minimum absolute atomic E-state index is 0.0819. The Balaban J connectivity index is 1.51. The minimum Gasteiger partial charge on any atom is -0.302 e. The second-order valence-corrected chi connectivity index (χ2v) is 9.56. The number of hydrogen-bond acceptors (Lipinski definition) is 5. The SMILES string of the molecule is CS(=O)(=O)N1CCC(C(=O)Nc2nc3ccc4ccccc4c3s2)CC1. The molecule has 0 bridgehead atoms. The number of thiazole rings is 1. The summed E-state index contributed by atoms with van der Waals surface area (Å²) in [5.74, 6) is -0.265. The fourth-order valence-corrected chi connectivity index (χ4v) is 5.24. The molecule has 3 aromatic rings. The van der Waals surface area contributed by atoms with Crippen molar-refractivity contribution in [2.75, 3.05) is 24.7 Å². The number of anilines is 1. The Bertz CT molecular complexity index is 1080. The Morgan fingerprint density at radius 3 is 2.65 bits per heavy atom. The number of fused-ring (bicyclic) bond motifs is 3. The molecule has 1 N–H and O–H groups in total. The van der Waals surface area contributed by atoms with Crippen molar-refractivity contribution in [2.24, 2.45) is 5.92 Å². The Labute approximate surface area is 155 Å². The van der Waals surface area contributed by atoms with Gasteiger partial charge in [-0.3, -0.25) is 4.79 Å². The molecule has 1 aliphatic heterocycles. The van der Waals surface area contributed by atoms with E-state index in [0.29, 0.717) is 31.1 Å². The molecule has 2 aromatic carbocycles. The predicted octanol–water partition coefficient (Wildman–Crippen LogP) is 3.06. The molecule has 0 unspecified atom stereocenters. The fourth-order valence-electron chi connectivity index (χ4n) is 3.37. The first-order valence-electron chi connectivity index (χ1n) is 8.46. The smallest absolute Gasteiger partial charge is 0.229 e. The maximum absolute atomic E-state index is 12.6. The van der Waals surface area contributed by atoms with Gasteiger partial charge in [-0.15, -0.1) is 0 Å². The van der Waals surface area contributed by atoms with Gasteiger partial charge in [0.15, 0.2) is 5.13 Å². The molecule has 8 heteroatoms. The van der Waals surface area contributed by atoms with Crippen molar-refractivity contribution in [3.63, 3.8) is 0 Å². The number of carbonyl (C=O) groups is 1. The van der Waals surface area contributed by atoms with E-state index in [0.717, 1.165) is 21.0 Å². The molecule has 1 amide bonds. The summed E-state index contributed by atoms with van der Waals surface area (Å²) < 4.78 is 25.6. The predicted molar refractivity (Wildman–Crippen MR) is 105 cm³/mol. The van der Waals surface area contributed by atoms with Gasteiger partial charge in [-0.1, -0.05) is 41.7 Å². The number of carbonyl (C=O) groups excluding carboxylic acids is 1. The van der Waals surface area contributed by atoms with Crippen LogP contribution in [0.3, 0.4) is 0 Å². The molecular formula is C18H19N3O3S2. The normalized spacial score (nSPS) is 17.0. The second-order valence-electron chi connectivity index (χ2n) is 6.58. The molecule has 0 radical (unpaired) electrons. The van der Waals surface area contributed by atoms with Crippen molar-refractivity contribution < 1.29 is 13.2 Å². The highest BCUT2D eigenvalue weighted by Gasteiger charge is 2.29. The van der Waals surface area contributed by atoms with E-state index in [4.69, 9.17) is 0 Å². The van der Waals surface area contributed by atoms with E-state index in [-0.39, 0.29) is 11.8 Å². The molecule has 0 aliphatic carbocycles. The zero-order valence-electron chi connectivity index (χ0n) is 14.3. The molecule has 6 nitrogen and oxygen atoms in total. The molecule has 136 valence electrons. The lowest BCUT2D eigenvalue weighted by Gasteiger charge is -2.29. The molecule has 1 aliphatic rings. The van der Waals surface area contributed by atoms with E-state index in [1.807, 2.05) is 24.3 Å². The molecule has 0 spiro atoms. The first-order valence-corrected chi connectivity index (χ1v) is 11.1. The minimum atomic E-state index is -3.18. The van der Waals surface area contributed by atoms with E-state index in [9.17, 15) is 13.2 Å². The third-order valence-electron chi connectivity index (χ3n) is 4.80. The highest BCUT2D eigenvalue weighted by Crippen LogP contribution is 2.33. The molecule has 0 saturated carbocycles. The van der Waals surface area contributed by atoms with Crippen LogP contribution in [0.4, 0.5) is 5.13 Å². The lowest BCUT2D eigenvalue weighted by molar-refractivity contribution is -0.120. The van der Waals surface area contributed by atoms with Crippen molar-refractivity contribution in [3.8, 4) is 0 Å². The molecule has 4 rings (SSSR count). The van der Waals surface area contributed by atoms with Crippen molar-refractivity contribution in [3.05, 3.63) is 36.4 Å². The van der Waals surface area contributed by atoms with Crippen LogP contribution in [0.2, 0.25) is 0 Å². The summed E-state index contributed by atoms with van der Waals surface area (Å²) in [5, 5.41) is 5.79. The monoisotopic (exact) mass is 389 g/mol. The van der Waals surface area contributed by atoms with E-state index in [1.165, 1.54) is 21.9 Å². The van der Waals surface area contributed by atoms with E-state index >= 15 is 0 Å². The molecule has 2 heterocycles. The van der Waals surface area contributed by atoms with E-state index in [2.05, 4.69) is 22.4 Å². The number of hydrogen-bond donors (Lipinski definition) is 1. The molecule has 1 fully saturated rings. The van der Waals surface area contributed by atoms with Gasteiger partial charge in [-0.05, 0) is 24.3 Å². The van der Waals surface area contributed by atoms with Gasteiger partial charge >= 0.3 is 0 Å². The Hall–Kier alpha value is -2.03. The Morgan fingerprint density at radius 1 is 1.19 bits per heavy atom. The maximum Gasteiger partial charge on any atom is 0.229 e. The zero-order chi connectivity index (χ0) is 18.3. The van der Waals surface area contributed by atoms with Gasteiger partial charge in [-0.25, -0.2) is 17.7 Å². The van der Waals surface area contributed by atoms with E-state index in [1.54, 1.807) is 0 Å². The maximum atomic E-state index is 12.6. The quantitative estimate of drug-likeness (QED) is 0.747. The molecule has 0 atom stereocenters. The third-order valence-corrected chi connectivity index (χ3v) is 7.13. The van der Waals surface area contributed by atoms with E-state index < -0.39 is 10.0 Å². The van der Waals surface area contributed by atoms with Gasteiger partial charge in [0.25, 0.3) is 0 Å². The van der Waals surface area contributed by atoms with Gasteiger partial charge in [0.1, 0.15) is 0 Å². The summed E-state index contributed by atoms with van der Waals surface area (Å²) in [6.07, 6.45) is 2.28. The summed E-state index contributed by atoms with van der Waals surface area (Å²) >= 11 is 1.47. The number of amides is 1. The number of piperidine rings is 1. The highest BCUT2D eigenvalue weighted by molar-refractivity contribution is 7.88. The summed E-state index contributed by atoms with van der Waals surface area (Å²) in [5.41, 5.74) is 0.871. The highest BCUT2D eigenvalue weighted by atomic mass is 32.2. The van der Waals surface area contributed by atoms with Crippen LogP contribution in [0.25, 0.3) is 21.0 Å². The van der Waals surface area contributed by atoms with Gasteiger partial charge in [0, 0.05) is 24.4 Å². The topological polar surface area (TPSA) is 79.4 Å². The second kappa shape index (κ2) is 6.61. The summed E-state index contributed by atoms with van der Waals surface area (Å²) in [4.78, 5) is 17.1. The van der Waals surface area contributed by atoms with Crippen molar-refractivity contribution in [1.82, 2.24) is 9.29 Å². The van der Waals surface area contributed by atoms with Gasteiger partial charge < -0.3 is 5.32 Å². The largest absolute Gasteiger partial charge is 0.302 e. The summed E-state index contributed by atoms with van der Waals surface area (Å²) in [7, 11) is -3.18. The first-order chi connectivity index (χ1) is 12.4. The summed E-state index contributed by atoms with van der Waals surface area (Å²) in [6.45, 7) is 0.781. The third kappa shape index (κ3) is 3.32. The van der Waals surface area contributed by atoms with Crippen LogP contribution in [0.15, 0.2) is 36.4 Å². The average molecular weight is 390 g/mol. The Morgan fingerprint density at radius 2 is 1.92 bits per heavy atom. The molecule has 26 heavy (non-hydrogen) atoms. The van der Waals surface area contributed by atoms with Crippen LogP contribution in [-0.4, -0.2) is 43.0 Å². The zero-order valence-corrected chi connectivity index (χ0v) is 15.9. The number of nitrogens with one attached hydrogen (secondary N) is 1. The van der Waals surface area contributed by atoms with Gasteiger partial charge in [0.2, 0.25) is 15.9 Å². The van der Waals surface area contributed by atoms with Gasteiger partial charge in [-0.2, -0.15) is 0 Å². The lowest BCUT2D eigenvalue weighted by atomic mass is 9.97. The number of rotatable bonds is 3. The van der Waals surface area contributed by atoms with Crippen molar-refractivity contribution in [1.29, 1.82) is 0 Å². The van der Waals surface area contributed by atoms with Crippen molar-refractivity contribution in [2.45, 2.75) is 12.8 Å². The molecular weight excluding hydrogens is 370 g/mol. The number of aromatic nitrogens is 1. The Kier molecular flexibility index (Phi) is 4.42. The number of benzene rings is 2. The van der Waals surface area contributed by atoms with Crippen LogP contribution in [-0.2, 0) is 14.8 Å². The first kappa shape index (κ1) is 17.4. The number of sulfonamides is 1. The van der Waals surface area contributed by atoms with Crippen LogP contribution in [0.1, 0.15) is 12.8 Å². The average Bonchev–Trinajstić information content (AvgIpc) is 3.04. The molecule has 1 saturated heterocycles. The summed E-state index contributed by atoms with van der Waals surface area (Å²) in [6, 6.07) is 12.1. The molecule has 1 aromatic heterocycles. The van der Waals surface area contributed by atoms with Crippen LogP contribution in [0.5, 0.6) is 0 Å². The fraction of sp³-hybridized carbons (Fsp3) is 0.333.